The maximum atomic E-state index is 13.6. The SMILES string of the molecule is COc1cc2c(c3c1c(=O)c1cc4ccccc4cc1n3C)C(N)C(O)C(C)(C)O2. The molecule has 0 saturated heterocycles. The third-order valence-corrected chi connectivity index (χ3v) is 6.28. The molecule has 3 aromatic carbocycles. The van der Waals surface area contributed by atoms with Crippen LogP contribution < -0.4 is 20.6 Å². The maximum absolute atomic E-state index is 13.6. The fourth-order valence-corrected chi connectivity index (χ4v) is 4.65. The number of rotatable bonds is 1. The number of aromatic nitrogens is 1. The Kier molecular flexibility index (Phi) is 3.91. The molecule has 1 aromatic heterocycles. The Morgan fingerprint density at radius 1 is 1.17 bits per heavy atom. The Bertz CT molecular complexity index is 1400. The van der Waals surface area contributed by atoms with E-state index < -0.39 is 17.7 Å². The quantitative estimate of drug-likeness (QED) is 0.475. The summed E-state index contributed by atoms with van der Waals surface area (Å²) in [6.45, 7) is 3.59. The highest BCUT2D eigenvalue weighted by Gasteiger charge is 2.43. The van der Waals surface area contributed by atoms with Gasteiger partial charge >= 0.3 is 0 Å². The van der Waals surface area contributed by atoms with Crippen LogP contribution in [0, 0.1) is 0 Å². The number of nitrogens with two attached hydrogens (primary N) is 1. The molecular formula is C24H24N2O4. The highest BCUT2D eigenvalue weighted by molar-refractivity contribution is 6.04. The predicted octanol–water partition coefficient (Wildman–Crippen LogP) is 3.39. The van der Waals surface area contributed by atoms with Crippen molar-refractivity contribution >= 4 is 32.6 Å². The second-order valence-electron chi connectivity index (χ2n) is 8.50. The van der Waals surface area contributed by atoms with Gasteiger partial charge in [-0.15, -0.1) is 0 Å². The number of fused-ring (bicyclic) bond motifs is 5. The molecule has 0 radical (unpaired) electrons. The molecule has 2 unspecified atom stereocenters. The Hall–Kier alpha value is -3.09. The van der Waals surface area contributed by atoms with Crippen molar-refractivity contribution < 1.29 is 14.6 Å². The van der Waals surface area contributed by atoms with Crippen molar-refractivity contribution in [2.24, 2.45) is 12.8 Å². The summed E-state index contributed by atoms with van der Waals surface area (Å²) in [7, 11) is 3.44. The Morgan fingerprint density at radius 3 is 2.50 bits per heavy atom. The van der Waals surface area contributed by atoms with Crippen LogP contribution >= 0.6 is 0 Å². The summed E-state index contributed by atoms with van der Waals surface area (Å²) in [6, 6.07) is 12.9. The van der Waals surface area contributed by atoms with Crippen LogP contribution in [0.2, 0.25) is 0 Å². The molecule has 0 fully saturated rings. The molecule has 6 nitrogen and oxygen atoms in total. The first-order chi connectivity index (χ1) is 14.2. The number of benzene rings is 3. The third kappa shape index (κ3) is 2.41. The lowest BCUT2D eigenvalue weighted by Gasteiger charge is -2.41. The van der Waals surface area contributed by atoms with E-state index in [4.69, 9.17) is 15.2 Å². The third-order valence-electron chi connectivity index (χ3n) is 6.28. The molecule has 0 amide bonds. The standard InChI is InChI=1S/C24H24N2O4/c1-24(2)23(28)20(25)18-17(30-24)11-16(29-4)19-21(18)26(3)15-10-13-8-6-5-7-12(13)9-14(15)22(19)27/h5-11,20,23,28H,25H2,1-4H3. The zero-order valence-corrected chi connectivity index (χ0v) is 17.4. The van der Waals surface area contributed by atoms with E-state index in [1.54, 1.807) is 19.9 Å². The van der Waals surface area contributed by atoms with Gasteiger partial charge in [-0.1, -0.05) is 24.3 Å². The number of methoxy groups -OCH3 is 1. The molecule has 154 valence electrons. The van der Waals surface area contributed by atoms with Crippen LogP contribution in [-0.4, -0.2) is 28.5 Å². The summed E-state index contributed by atoms with van der Waals surface area (Å²) in [5, 5.41) is 13.9. The monoisotopic (exact) mass is 404 g/mol. The van der Waals surface area contributed by atoms with Crippen LogP contribution in [0.5, 0.6) is 11.5 Å². The van der Waals surface area contributed by atoms with Crippen LogP contribution in [0.1, 0.15) is 25.5 Å². The number of hydrogen-bond donors (Lipinski definition) is 2. The average molecular weight is 404 g/mol. The van der Waals surface area contributed by atoms with Crippen LogP contribution in [0.3, 0.4) is 0 Å². The highest BCUT2D eigenvalue weighted by atomic mass is 16.5. The van der Waals surface area contributed by atoms with Gasteiger partial charge in [0.1, 0.15) is 23.2 Å². The van der Waals surface area contributed by atoms with Crippen molar-refractivity contribution in [2.75, 3.05) is 7.11 Å². The lowest BCUT2D eigenvalue weighted by Crippen LogP contribution is -2.51. The molecule has 0 spiro atoms. The minimum atomic E-state index is -0.927. The lowest BCUT2D eigenvalue weighted by atomic mass is 9.85. The van der Waals surface area contributed by atoms with Crippen LogP contribution in [-0.2, 0) is 7.05 Å². The number of hydrogen-bond acceptors (Lipinski definition) is 5. The van der Waals surface area contributed by atoms with Crippen molar-refractivity contribution in [2.45, 2.75) is 31.6 Å². The van der Waals surface area contributed by atoms with Crippen molar-refractivity contribution in [1.82, 2.24) is 4.57 Å². The fourth-order valence-electron chi connectivity index (χ4n) is 4.65. The van der Waals surface area contributed by atoms with Gasteiger partial charge in [0.15, 0.2) is 0 Å². The Labute approximate surface area is 173 Å². The number of ether oxygens (including phenoxy) is 2. The van der Waals surface area contributed by atoms with Crippen molar-refractivity contribution in [3.63, 3.8) is 0 Å². The number of pyridine rings is 1. The van der Waals surface area contributed by atoms with Gasteiger partial charge in [-0.25, -0.2) is 0 Å². The fraction of sp³-hybridized carbons (Fsp3) is 0.292. The summed E-state index contributed by atoms with van der Waals surface area (Å²) in [5.41, 5.74) is 7.52. The molecule has 1 aliphatic rings. The van der Waals surface area contributed by atoms with Gasteiger partial charge in [-0.3, -0.25) is 4.79 Å². The molecule has 0 aliphatic carbocycles. The van der Waals surface area contributed by atoms with Gasteiger partial charge in [0, 0.05) is 24.1 Å². The first kappa shape index (κ1) is 18.9. The van der Waals surface area contributed by atoms with Crippen molar-refractivity contribution in [3.8, 4) is 11.5 Å². The largest absolute Gasteiger partial charge is 0.496 e. The second-order valence-corrected chi connectivity index (χ2v) is 8.50. The van der Waals surface area contributed by atoms with E-state index >= 15 is 0 Å². The number of aliphatic hydroxyl groups is 1. The van der Waals surface area contributed by atoms with E-state index in [0.29, 0.717) is 33.4 Å². The number of aliphatic hydroxyl groups excluding tert-OH is 1. The zero-order chi connectivity index (χ0) is 21.4. The molecule has 6 heteroatoms. The summed E-state index contributed by atoms with van der Waals surface area (Å²) in [5.74, 6) is 0.955. The van der Waals surface area contributed by atoms with E-state index in [9.17, 15) is 9.90 Å². The second kappa shape index (κ2) is 6.20. The minimum absolute atomic E-state index is 0.130. The summed E-state index contributed by atoms with van der Waals surface area (Å²) < 4.78 is 13.7. The molecule has 0 bridgehead atoms. The molecule has 0 saturated carbocycles. The van der Waals surface area contributed by atoms with Gasteiger partial charge in [0.2, 0.25) is 5.43 Å². The number of aryl methyl sites for hydroxylation is 1. The van der Waals surface area contributed by atoms with Gasteiger partial charge in [-0.05, 0) is 36.8 Å². The number of nitrogens with zero attached hydrogens (tertiary/aromatic N) is 1. The van der Waals surface area contributed by atoms with Crippen molar-refractivity contribution in [1.29, 1.82) is 0 Å². The minimum Gasteiger partial charge on any atom is -0.496 e. The van der Waals surface area contributed by atoms with Gasteiger partial charge in [0.05, 0.1) is 29.6 Å². The van der Waals surface area contributed by atoms with Crippen LogP contribution in [0.15, 0.2) is 47.3 Å². The normalized spacial score (nSPS) is 20.3. The topological polar surface area (TPSA) is 86.7 Å². The highest BCUT2D eigenvalue weighted by Crippen LogP contribution is 2.45. The van der Waals surface area contributed by atoms with Gasteiger partial charge < -0.3 is 24.9 Å². The molecule has 30 heavy (non-hydrogen) atoms. The summed E-state index contributed by atoms with van der Waals surface area (Å²) in [4.78, 5) is 13.6. The molecule has 1 aliphatic heterocycles. The molecule has 4 aromatic rings. The van der Waals surface area contributed by atoms with E-state index in [-0.39, 0.29) is 5.43 Å². The smallest absolute Gasteiger partial charge is 0.201 e. The Morgan fingerprint density at radius 2 is 1.83 bits per heavy atom. The van der Waals surface area contributed by atoms with Gasteiger partial charge in [-0.2, -0.15) is 0 Å². The first-order valence-corrected chi connectivity index (χ1v) is 9.93. The first-order valence-electron chi connectivity index (χ1n) is 9.93. The predicted molar refractivity (Wildman–Crippen MR) is 118 cm³/mol. The molecule has 2 atom stereocenters. The van der Waals surface area contributed by atoms with Crippen molar-refractivity contribution in [3.05, 3.63) is 58.3 Å². The summed E-state index contributed by atoms with van der Waals surface area (Å²) >= 11 is 0. The molecular weight excluding hydrogens is 380 g/mol. The molecule has 2 heterocycles. The Balaban J connectivity index is 2.01. The van der Waals surface area contributed by atoms with Crippen LogP contribution in [0.25, 0.3) is 32.6 Å². The van der Waals surface area contributed by atoms with E-state index in [1.807, 2.05) is 48.0 Å². The molecule has 5 rings (SSSR count). The summed E-state index contributed by atoms with van der Waals surface area (Å²) in [6.07, 6.45) is -0.927. The van der Waals surface area contributed by atoms with Gasteiger partial charge in [0.25, 0.3) is 0 Å². The van der Waals surface area contributed by atoms with E-state index in [1.165, 1.54) is 7.11 Å². The van der Waals surface area contributed by atoms with E-state index in [2.05, 4.69) is 0 Å². The van der Waals surface area contributed by atoms with E-state index in [0.717, 1.165) is 16.3 Å². The maximum Gasteiger partial charge on any atom is 0.201 e. The average Bonchev–Trinajstić information content (AvgIpc) is 2.73. The zero-order valence-electron chi connectivity index (χ0n) is 17.4. The van der Waals surface area contributed by atoms with Crippen LogP contribution in [0.4, 0.5) is 0 Å². The lowest BCUT2D eigenvalue weighted by molar-refractivity contribution is -0.0568. The molecule has 3 N–H and O–H groups in total.